The summed E-state index contributed by atoms with van der Waals surface area (Å²) in [5.74, 6) is 1.81. The van der Waals surface area contributed by atoms with Crippen LogP contribution in [0.1, 0.15) is 77.6 Å². The van der Waals surface area contributed by atoms with Gasteiger partial charge in [-0.2, -0.15) is 0 Å². The Morgan fingerprint density at radius 1 is 0.857 bits per heavy atom. The van der Waals surface area contributed by atoms with E-state index in [1.165, 1.54) is 70.0 Å². The molecule has 0 saturated carbocycles. The molecule has 0 bridgehead atoms. The number of aromatic nitrogens is 1. The fraction of sp³-hybridized carbons (Fsp3) is 0.633. The highest BCUT2D eigenvalue weighted by Gasteiger charge is 2.41. The van der Waals surface area contributed by atoms with Crippen molar-refractivity contribution in [3.05, 3.63) is 48.4 Å². The maximum atomic E-state index is 13.9. The maximum absolute atomic E-state index is 13.9. The Hall–Kier alpha value is -2.30. The van der Waals surface area contributed by atoms with Crippen LogP contribution in [0.5, 0.6) is 0 Å². The second-order valence-corrected chi connectivity index (χ2v) is 11.0. The number of hydrogen-bond acceptors (Lipinski definition) is 4. The first kappa shape index (κ1) is 24.4. The molecule has 2 aromatic rings. The highest BCUT2D eigenvalue weighted by atomic mass is 19.1. The fourth-order valence-electron chi connectivity index (χ4n) is 6.78. The second kappa shape index (κ2) is 11.6. The average Bonchev–Trinajstić information content (AvgIpc) is 3.33. The van der Waals surface area contributed by atoms with Gasteiger partial charge in [-0.05, 0) is 68.7 Å². The summed E-state index contributed by atoms with van der Waals surface area (Å²) in [5, 5.41) is 0. The van der Waals surface area contributed by atoms with Crippen molar-refractivity contribution >= 4 is 17.2 Å². The van der Waals surface area contributed by atoms with E-state index in [2.05, 4.69) is 39.8 Å². The summed E-state index contributed by atoms with van der Waals surface area (Å²) in [6.07, 6.45) is 16.4. The molecule has 1 unspecified atom stereocenters. The van der Waals surface area contributed by atoms with Crippen LogP contribution < -0.4 is 14.7 Å². The molecule has 5 rings (SSSR count). The summed E-state index contributed by atoms with van der Waals surface area (Å²) in [6, 6.07) is 12.6. The largest absolute Gasteiger partial charge is 0.371 e. The molecule has 0 spiro atoms. The third kappa shape index (κ3) is 5.76. The molecule has 0 radical (unpaired) electrons. The minimum atomic E-state index is -0.144. The summed E-state index contributed by atoms with van der Waals surface area (Å²) < 4.78 is 13.9. The first-order valence-electron chi connectivity index (χ1n) is 14.2. The van der Waals surface area contributed by atoms with Crippen molar-refractivity contribution in [3.8, 4) is 0 Å². The minimum Gasteiger partial charge on any atom is -0.371 e. The normalized spacial score (nSPS) is 24.6. The van der Waals surface area contributed by atoms with E-state index < -0.39 is 0 Å². The molecule has 3 fully saturated rings. The molecule has 1 aromatic carbocycles. The van der Waals surface area contributed by atoms with E-state index in [1.54, 1.807) is 12.1 Å². The van der Waals surface area contributed by atoms with Crippen molar-refractivity contribution in [1.82, 2.24) is 4.98 Å². The first-order valence-corrected chi connectivity index (χ1v) is 14.2. The summed E-state index contributed by atoms with van der Waals surface area (Å²) in [6.45, 7) is 6.68. The number of unbranched alkanes of at least 4 members (excludes halogenated alkanes) is 4. The van der Waals surface area contributed by atoms with Gasteiger partial charge in [0.05, 0.1) is 12.1 Å². The van der Waals surface area contributed by atoms with Crippen LogP contribution in [0.15, 0.2) is 42.6 Å². The number of halogens is 1. The van der Waals surface area contributed by atoms with Gasteiger partial charge in [-0.3, -0.25) is 0 Å². The first-order chi connectivity index (χ1) is 17.2. The van der Waals surface area contributed by atoms with Gasteiger partial charge >= 0.3 is 0 Å². The average molecular weight is 479 g/mol. The number of pyridine rings is 1. The number of fused-ring (bicyclic) bond motifs is 1. The van der Waals surface area contributed by atoms with Gasteiger partial charge in [0.25, 0.3) is 0 Å². The Morgan fingerprint density at radius 2 is 1.71 bits per heavy atom. The monoisotopic (exact) mass is 478 g/mol. The van der Waals surface area contributed by atoms with Crippen LogP contribution in [0.3, 0.4) is 0 Å². The molecule has 4 nitrogen and oxygen atoms in total. The molecule has 190 valence electrons. The number of benzene rings is 1. The van der Waals surface area contributed by atoms with E-state index in [1.807, 2.05) is 12.3 Å². The van der Waals surface area contributed by atoms with Gasteiger partial charge in [-0.25, -0.2) is 9.37 Å². The lowest BCUT2D eigenvalue weighted by Crippen LogP contribution is -2.50. The molecule has 1 aromatic heterocycles. The van der Waals surface area contributed by atoms with E-state index in [4.69, 9.17) is 4.98 Å². The van der Waals surface area contributed by atoms with E-state index in [0.29, 0.717) is 12.1 Å². The summed E-state index contributed by atoms with van der Waals surface area (Å²) in [7, 11) is 0. The number of nitrogens with zero attached hydrogens (tertiary/aromatic N) is 4. The Kier molecular flexibility index (Phi) is 8.10. The van der Waals surface area contributed by atoms with Gasteiger partial charge in [-0.15, -0.1) is 0 Å². The van der Waals surface area contributed by atoms with Crippen LogP contribution in [0.2, 0.25) is 0 Å². The van der Waals surface area contributed by atoms with Gasteiger partial charge < -0.3 is 14.7 Å². The molecule has 3 aliphatic heterocycles. The zero-order valence-corrected chi connectivity index (χ0v) is 21.5. The molecular formula is C30H43FN4. The van der Waals surface area contributed by atoms with Crippen LogP contribution in [0.4, 0.5) is 21.6 Å². The number of piperidine rings is 2. The molecule has 5 heteroatoms. The van der Waals surface area contributed by atoms with Gasteiger partial charge in [0.2, 0.25) is 0 Å². The molecule has 3 saturated heterocycles. The molecule has 0 amide bonds. The number of anilines is 3. The van der Waals surface area contributed by atoms with Gasteiger partial charge in [-0.1, -0.05) is 45.1 Å². The molecule has 4 heterocycles. The second-order valence-electron chi connectivity index (χ2n) is 11.0. The molecule has 3 aliphatic rings. The molecule has 3 atom stereocenters. The van der Waals surface area contributed by atoms with Crippen LogP contribution in [-0.2, 0) is 0 Å². The topological polar surface area (TPSA) is 22.6 Å². The zero-order chi connectivity index (χ0) is 24.0. The highest BCUT2D eigenvalue weighted by Crippen LogP contribution is 2.37. The minimum absolute atomic E-state index is 0.144. The van der Waals surface area contributed by atoms with Crippen molar-refractivity contribution in [2.75, 3.05) is 40.9 Å². The van der Waals surface area contributed by atoms with Crippen molar-refractivity contribution in [2.45, 2.75) is 89.6 Å². The Bertz CT molecular complexity index is 949. The number of hydrogen-bond donors (Lipinski definition) is 0. The van der Waals surface area contributed by atoms with Crippen molar-refractivity contribution in [2.24, 2.45) is 5.92 Å². The standard InChI is InChI=1S/C30H43FN4/c1-2-3-4-5-6-10-24-11-8-18-33(23-24)26-15-17-32-30(22-26)35-20-16-29-28(35)14-9-19-34(29)27-13-7-12-25(31)21-27/h7,12-13,15,17,21-22,24,28-29H,2-6,8-11,14,16,18-20,23H2,1H3/t24?,28-,29-/m1/s1. The molecule has 0 aliphatic carbocycles. The van der Waals surface area contributed by atoms with E-state index in [9.17, 15) is 4.39 Å². The highest BCUT2D eigenvalue weighted by molar-refractivity contribution is 5.58. The third-order valence-electron chi connectivity index (χ3n) is 8.57. The SMILES string of the molecule is CCCCCCCC1CCCN(c2ccnc(N3CC[C@@H]4[C@H]3CCCN4c3cccc(F)c3)c2)C1. The smallest absolute Gasteiger partial charge is 0.130 e. The Labute approximate surface area is 211 Å². The van der Waals surface area contributed by atoms with Gasteiger partial charge in [0.15, 0.2) is 0 Å². The van der Waals surface area contributed by atoms with Crippen molar-refractivity contribution < 1.29 is 4.39 Å². The van der Waals surface area contributed by atoms with Gasteiger partial charge in [0, 0.05) is 49.8 Å². The van der Waals surface area contributed by atoms with E-state index in [0.717, 1.165) is 49.9 Å². The lowest BCUT2D eigenvalue weighted by molar-refractivity contribution is 0.375. The molecule has 35 heavy (non-hydrogen) atoms. The number of rotatable bonds is 9. The van der Waals surface area contributed by atoms with Crippen LogP contribution in [0, 0.1) is 11.7 Å². The predicted octanol–water partition coefficient (Wildman–Crippen LogP) is 7.05. The van der Waals surface area contributed by atoms with E-state index >= 15 is 0 Å². The molecule has 0 N–H and O–H groups in total. The summed E-state index contributed by atoms with van der Waals surface area (Å²) in [4.78, 5) is 12.4. The van der Waals surface area contributed by atoms with Crippen molar-refractivity contribution in [1.29, 1.82) is 0 Å². The summed E-state index contributed by atoms with van der Waals surface area (Å²) >= 11 is 0. The van der Waals surface area contributed by atoms with Gasteiger partial charge in [0.1, 0.15) is 11.6 Å². The molecular weight excluding hydrogens is 435 g/mol. The maximum Gasteiger partial charge on any atom is 0.130 e. The third-order valence-corrected chi connectivity index (χ3v) is 8.57. The van der Waals surface area contributed by atoms with E-state index in [-0.39, 0.29) is 5.82 Å². The Balaban J connectivity index is 1.23. The van der Waals surface area contributed by atoms with Crippen LogP contribution in [-0.4, -0.2) is 43.2 Å². The quantitative estimate of drug-likeness (QED) is 0.360. The summed E-state index contributed by atoms with van der Waals surface area (Å²) in [5.41, 5.74) is 2.37. The van der Waals surface area contributed by atoms with Crippen molar-refractivity contribution in [3.63, 3.8) is 0 Å². The van der Waals surface area contributed by atoms with Crippen LogP contribution >= 0.6 is 0 Å². The lowest BCUT2D eigenvalue weighted by atomic mass is 9.92. The zero-order valence-electron chi connectivity index (χ0n) is 21.5. The lowest BCUT2D eigenvalue weighted by Gasteiger charge is -2.42. The fourth-order valence-corrected chi connectivity index (χ4v) is 6.78. The predicted molar refractivity (Wildman–Crippen MR) is 145 cm³/mol. The van der Waals surface area contributed by atoms with Crippen LogP contribution in [0.25, 0.3) is 0 Å². The Morgan fingerprint density at radius 3 is 2.60 bits per heavy atom.